The van der Waals surface area contributed by atoms with Crippen LogP contribution < -0.4 is 4.74 Å². The summed E-state index contributed by atoms with van der Waals surface area (Å²) in [5.41, 5.74) is 3.35. The van der Waals surface area contributed by atoms with Crippen LogP contribution in [0, 0.1) is 6.92 Å². The third-order valence-corrected chi connectivity index (χ3v) is 5.02. The molecular formula is C18H23N3Na2O3S. The molecule has 1 N–H and O–H groups in total. The van der Waals surface area contributed by atoms with Crippen LogP contribution in [0.5, 0.6) is 5.75 Å². The van der Waals surface area contributed by atoms with Gasteiger partial charge < -0.3 is 14.0 Å². The number of nitrogens with zero attached hydrogens (tertiary/aromatic N) is 2. The van der Waals surface area contributed by atoms with Crippen LogP contribution in [-0.4, -0.2) is 98.9 Å². The Kier molecular flexibility index (Phi) is 11.5. The topological polar surface area (TPSA) is 83.1 Å². The summed E-state index contributed by atoms with van der Waals surface area (Å²) < 4.78 is 23.5. The molecule has 3 aromatic rings. The first kappa shape index (κ1) is 24.9. The summed E-state index contributed by atoms with van der Waals surface area (Å²) in [5.74, 6) is 1.06. The van der Waals surface area contributed by atoms with Crippen LogP contribution in [0.25, 0.3) is 11.0 Å². The monoisotopic (exact) mass is 407 g/mol. The van der Waals surface area contributed by atoms with Gasteiger partial charge in [-0.3, -0.25) is 9.97 Å². The van der Waals surface area contributed by atoms with E-state index in [2.05, 4.69) is 15.0 Å². The predicted molar refractivity (Wildman–Crippen MR) is 111 cm³/mol. The minimum absolute atomic E-state index is 0. The Hall–Kier alpha value is -0.0900. The van der Waals surface area contributed by atoms with Crippen LogP contribution in [0.15, 0.2) is 41.7 Å². The minimum atomic E-state index is -1.30. The van der Waals surface area contributed by atoms with Crippen molar-refractivity contribution in [1.82, 2.24) is 15.0 Å². The first-order valence-corrected chi connectivity index (χ1v) is 9.40. The van der Waals surface area contributed by atoms with Gasteiger partial charge in [0.25, 0.3) is 0 Å². The number of ether oxygens (including phenoxy) is 2. The van der Waals surface area contributed by atoms with Crippen molar-refractivity contribution < 1.29 is 14.0 Å². The molecule has 0 fully saturated rings. The number of nitrogens with one attached hydrogen (secondary N) is 1. The van der Waals surface area contributed by atoms with Crippen molar-refractivity contribution in [3.63, 3.8) is 0 Å². The van der Waals surface area contributed by atoms with E-state index in [9.17, 15) is 4.55 Å². The first-order valence-electron chi connectivity index (χ1n) is 8.08. The molecule has 0 radical (unpaired) electrons. The number of benzene rings is 1. The number of pyridine rings is 1. The van der Waals surface area contributed by atoms with Gasteiger partial charge in [0.15, 0.2) is 5.75 Å². The molecular weight excluding hydrogens is 384 g/mol. The molecule has 0 unspecified atom stereocenters. The van der Waals surface area contributed by atoms with E-state index < -0.39 is 11.2 Å². The van der Waals surface area contributed by atoms with Crippen molar-refractivity contribution in [2.75, 3.05) is 20.3 Å². The molecule has 0 aliphatic carbocycles. The second-order valence-electron chi connectivity index (χ2n) is 5.62. The molecule has 0 saturated carbocycles. The van der Waals surface area contributed by atoms with Gasteiger partial charge in [-0.1, -0.05) is 12.1 Å². The molecule has 9 heteroatoms. The maximum atomic E-state index is 12.7. The molecule has 27 heavy (non-hydrogen) atoms. The molecule has 0 aliphatic rings. The number of methoxy groups -OCH3 is 1. The van der Waals surface area contributed by atoms with Crippen LogP contribution >= 0.6 is 0 Å². The van der Waals surface area contributed by atoms with E-state index in [4.69, 9.17) is 9.47 Å². The Balaban J connectivity index is 0.00000182. The molecule has 0 saturated heterocycles. The second kappa shape index (κ2) is 12.5. The summed E-state index contributed by atoms with van der Waals surface area (Å²) in [6, 6.07) is 9.47. The molecule has 3 rings (SSSR count). The number of fused-ring (bicyclic) bond motifs is 1. The fourth-order valence-corrected chi connectivity index (χ4v) is 3.58. The van der Waals surface area contributed by atoms with Crippen molar-refractivity contribution in [3.05, 3.63) is 47.8 Å². The third kappa shape index (κ3) is 6.73. The second-order valence-corrected chi connectivity index (χ2v) is 6.99. The third-order valence-electron chi connectivity index (χ3n) is 3.86. The van der Waals surface area contributed by atoms with Crippen LogP contribution in [0.2, 0.25) is 0 Å². The fraction of sp³-hybridized carbons (Fsp3) is 0.333. The number of hydrogen-bond acceptors (Lipinski definition) is 5. The Morgan fingerprint density at radius 1 is 1.15 bits per heavy atom. The summed E-state index contributed by atoms with van der Waals surface area (Å²) in [6.07, 6.45) is 2.50. The quantitative estimate of drug-likeness (QED) is 0.349. The van der Waals surface area contributed by atoms with Gasteiger partial charge in [-0.25, -0.2) is 0 Å². The van der Waals surface area contributed by atoms with Crippen LogP contribution in [0.1, 0.15) is 17.7 Å². The average Bonchev–Trinajstić information content (AvgIpc) is 3.06. The number of para-hydroxylation sites is 2. The standard InChI is InChI=1S/C18H21N3O3S.2Na.2H/c1-13-16(19-9-8-17(13)24-11-5-10-23-2)12-25(22)18-20-14-6-3-4-7-15(14)21-18;;;;/h3-4,6-9H,5,10-12H2,1-2H3,(H,20,21);;;;/t25-;;;;/m0..../s1. The van der Waals surface area contributed by atoms with Gasteiger partial charge in [0, 0.05) is 43.1 Å². The van der Waals surface area contributed by atoms with Crippen LogP contribution in [0.4, 0.5) is 0 Å². The predicted octanol–water partition coefficient (Wildman–Crippen LogP) is 1.69. The van der Waals surface area contributed by atoms with E-state index in [0.717, 1.165) is 34.5 Å². The molecule has 1 aromatic carbocycles. The van der Waals surface area contributed by atoms with Gasteiger partial charge in [0.2, 0.25) is 0 Å². The van der Waals surface area contributed by atoms with Gasteiger partial charge in [0.1, 0.15) is 5.75 Å². The van der Waals surface area contributed by atoms with E-state index >= 15 is 0 Å². The molecule has 2 aromatic heterocycles. The summed E-state index contributed by atoms with van der Waals surface area (Å²) in [4.78, 5) is 11.9. The van der Waals surface area contributed by atoms with Gasteiger partial charge in [-0.05, 0) is 25.1 Å². The van der Waals surface area contributed by atoms with Crippen LogP contribution in [-0.2, 0) is 21.7 Å². The van der Waals surface area contributed by atoms with E-state index in [1.54, 1.807) is 13.3 Å². The molecule has 1 atom stereocenters. The molecule has 0 bridgehead atoms. The van der Waals surface area contributed by atoms with Crippen molar-refractivity contribution in [1.29, 1.82) is 0 Å². The van der Waals surface area contributed by atoms with Gasteiger partial charge in [-0.15, -0.1) is 0 Å². The molecule has 0 amide bonds. The Morgan fingerprint density at radius 2 is 1.93 bits per heavy atom. The summed E-state index contributed by atoms with van der Waals surface area (Å²) in [5, 5.41) is 0.466. The van der Waals surface area contributed by atoms with Crippen molar-refractivity contribution in [3.8, 4) is 5.75 Å². The molecule has 2 heterocycles. The Bertz CT molecular complexity index is 815. The SMILES string of the molecule is COCCCOc1ccnc(C[S@+]([O-])c2nc3ccccc3[nH]2)c1C.[NaH].[NaH]. The van der Waals surface area contributed by atoms with E-state index in [0.29, 0.717) is 24.1 Å². The van der Waals surface area contributed by atoms with Crippen molar-refractivity contribution >= 4 is 81.3 Å². The van der Waals surface area contributed by atoms with Crippen molar-refractivity contribution in [2.45, 2.75) is 24.3 Å². The fourth-order valence-electron chi connectivity index (χ4n) is 2.48. The first-order chi connectivity index (χ1) is 12.2. The van der Waals surface area contributed by atoms with E-state index in [1.807, 2.05) is 37.3 Å². The molecule has 0 spiro atoms. The number of aromatic amines is 1. The number of H-pyrrole nitrogens is 1. The zero-order valence-corrected chi connectivity index (χ0v) is 15.1. The normalized spacial score (nSPS) is 11.5. The Labute approximate surface area is 206 Å². The number of aromatic nitrogens is 3. The van der Waals surface area contributed by atoms with Gasteiger partial charge in [-0.2, -0.15) is 4.98 Å². The van der Waals surface area contributed by atoms with Crippen LogP contribution in [0.3, 0.4) is 0 Å². The number of rotatable bonds is 8. The maximum absolute atomic E-state index is 12.7. The number of imidazole rings is 1. The molecule has 6 nitrogen and oxygen atoms in total. The van der Waals surface area contributed by atoms with Gasteiger partial charge in [0.05, 0.1) is 23.3 Å². The summed E-state index contributed by atoms with van der Waals surface area (Å²) in [7, 11) is 1.67. The average molecular weight is 407 g/mol. The summed E-state index contributed by atoms with van der Waals surface area (Å²) >= 11 is -1.30. The van der Waals surface area contributed by atoms with Crippen molar-refractivity contribution in [2.24, 2.45) is 0 Å². The summed E-state index contributed by atoms with van der Waals surface area (Å²) in [6.45, 7) is 3.17. The molecule has 0 aliphatic heterocycles. The van der Waals surface area contributed by atoms with E-state index in [1.165, 1.54) is 0 Å². The van der Waals surface area contributed by atoms with Gasteiger partial charge >= 0.3 is 64.3 Å². The number of hydrogen-bond donors (Lipinski definition) is 1. The zero-order chi connectivity index (χ0) is 17.6. The molecule has 136 valence electrons. The van der Waals surface area contributed by atoms with E-state index in [-0.39, 0.29) is 59.1 Å². The Morgan fingerprint density at radius 3 is 2.67 bits per heavy atom. The zero-order valence-electron chi connectivity index (χ0n) is 14.3.